The molecule has 10 nitrogen and oxygen atoms in total. The van der Waals surface area contributed by atoms with Crippen molar-refractivity contribution >= 4 is 0 Å². The molecule has 0 amide bonds. The standard InChI is InChI=1S/C12H22O10/c1-3-10(7(16)8(17)11(19)20-3)22-12-9(18)6(15)5(14)4(2-13)21-12/h3-19H,2H2,1H3/t3-,4+,5+,6-,7-,8+,9+,10-,11+,12-/m0/s1. The van der Waals surface area contributed by atoms with Crippen LogP contribution in [-0.4, -0.2) is 104 Å². The van der Waals surface area contributed by atoms with Gasteiger partial charge in [-0.25, -0.2) is 0 Å². The summed E-state index contributed by atoms with van der Waals surface area (Å²) in [4.78, 5) is 0. The van der Waals surface area contributed by atoms with E-state index in [2.05, 4.69) is 0 Å². The molecule has 22 heavy (non-hydrogen) atoms. The Morgan fingerprint density at radius 3 is 2.05 bits per heavy atom. The molecule has 2 aliphatic rings. The van der Waals surface area contributed by atoms with Crippen LogP contribution < -0.4 is 0 Å². The smallest absolute Gasteiger partial charge is 0.187 e. The van der Waals surface area contributed by atoms with Crippen molar-refractivity contribution in [3.05, 3.63) is 0 Å². The van der Waals surface area contributed by atoms with E-state index < -0.39 is 68.0 Å². The zero-order valence-corrected chi connectivity index (χ0v) is 11.8. The van der Waals surface area contributed by atoms with Gasteiger partial charge in [0.2, 0.25) is 0 Å². The summed E-state index contributed by atoms with van der Waals surface area (Å²) in [6.45, 7) is 0.846. The normalized spacial score (nSPS) is 53.5. The average molecular weight is 326 g/mol. The van der Waals surface area contributed by atoms with E-state index in [4.69, 9.17) is 19.3 Å². The predicted octanol–water partition coefficient (Wildman–Crippen LogP) is -4.37. The summed E-state index contributed by atoms with van der Waals surface area (Å²) >= 11 is 0. The minimum absolute atomic E-state index is 0.620. The highest BCUT2D eigenvalue weighted by molar-refractivity contribution is 4.92. The molecule has 2 fully saturated rings. The second kappa shape index (κ2) is 7.01. The fourth-order valence-electron chi connectivity index (χ4n) is 2.54. The summed E-state index contributed by atoms with van der Waals surface area (Å²) in [6.07, 6.45) is -14.2. The molecule has 10 heteroatoms. The molecule has 2 heterocycles. The first kappa shape index (κ1) is 17.9. The number of ether oxygens (including phenoxy) is 3. The first-order valence-electron chi connectivity index (χ1n) is 6.93. The van der Waals surface area contributed by atoms with E-state index in [0.717, 1.165) is 0 Å². The fourth-order valence-corrected chi connectivity index (χ4v) is 2.54. The lowest BCUT2D eigenvalue weighted by Gasteiger charge is -2.44. The highest BCUT2D eigenvalue weighted by atomic mass is 16.7. The van der Waals surface area contributed by atoms with Crippen LogP contribution in [0.1, 0.15) is 6.92 Å². The maximum absolute atomic E-state index is 9.92. The first-order valence-corrected chi connectivity index (χ1v) is 6.93. The van der Waals surface area contributed by atoms with Crippen LogP contribution in [0.2, 0.25) is 0 Å². The molecule has 2 rings (SSSR count). The molecule has 2 saturated heterocycles. The van der Waals surface area contributed by atoms with Gasteiger partial charge in [0.1, 0.15) is 42.7 Å². The molecule has 0 aromatic heterocycles. The Bertz CT molecular complexity index is 366. The number of rotatable bonds is 3. The van der Waals surface area contributed by atoms with Gasteiger partial charge in [-0.05, 0) is 6.92 Å². The van der Waals surface area contributed by atoms with Gasteiger partial charge in [0.05, 0.1) is 12.7 Å². The molecule has 0 aliphatic carbocycles. The summed E-state index contributed by atoms with van der Waals surface area (Å²) < 4.78 is 15.5. The van der Waals surface area contributed by atoms with Crippen LogP contribution in [0.5, 0.6) is 0 Å². The number of aliphatic hydroxyl groups is 7. The van der Waals surface area contributed by atoms with Crippen LogP contribution >= 0.6 is 0 Å². The summed E-state index contributed by atoms with van der Waals surface area (Å²) in [6, 6.07) is 0. The zero-order valence-electron chi connectivity index (χ0n) is 11.8. The summed E-state index contributed by atoms with van der Waals surface area (Å²) in [5.74, 6) is 0. The maximum atomic E-state index is 9.92. The van der Waals surface area contributed by atoms with Gasteiger partial charge in [0.15, 0.2) is 12.6 Å². The lowest BCUT2D eigenvalue weighted by Crippen LogP contribution is -2.63. The number of aliphatic hydroxyl groups excluding tert-OH is 7. The van der Waals surface area contributed by atoms with Crippen LogP contribution in [0, 0.1) is 0 Å². The Balaban J connectivity index is 2.08. The molecule has 0 saturated carbocycles. The maximum Gasteiger partial charge on any atom is 0.187 e. The average Bonchev–Trinajstić information content (AvgIpc) is 2.49. The second-order valence-corrected chi connectivity index (χ2v) is 5.51. The van der Waals surface area contributed by atoms with Gasteiger partial charge in [-0.3, -0.25) is 0 Å². The third kappa shape index (κ3) is 3.26. The third-order valence-corrected chi connectivity index (χ3v) is 3.94. The lowest BCUT2D eigenvalue weighted by atomic mass is 9.97. The van der Waals surface area contributed by atoms with Gasteiger partial charge in [-0.2, -0.15) is 0 Å². The van der Waals surface area contributed by atoms with Crippen LogP contribution in [0.4, 0.5) is 0 Å². The number of hydrogen-bond donors (Lipinski definition) is 7. The van der Waals surface area contributed by atoms with E-state index in [1.807, 2.05) is 0 Å². The molecule has 130 valence electrons. The Morgan fingerprint density at radius 2 is 1.45 bits per heavy atom. The first-order chi connectivity index (χ1) is 10.3. The van der Waals surface area contributed by atoms with Gasteiger partial charge >= 0.3 is 0 Å². The van der Waals surface area contributed by atoms with Crippen LogP contribution in [0.25, 0.3) is 0 Å². The van der Waals surface area contributed by atoms with E-state index >= 15 is 0 Å². The van der Waals surface area contributed by atoms with Crippen molar-refractivity contribution in [2.24, 2.45) is 0 Å². The summed E-state index contributed by atoms with van der Waals surface area (Å²) in [5, 5.41) is 67.2. The third-order valence-electron chi connectivity index (χ3n) is 3.94. The molecular formula is C12H22O10. The molecule has 0 aromatic carbocycles. The molecule has 0 spiro atoms. The molecule has 2 aliphatic heterocycles. The van der Waals surface area contributed by atoms with Crippen molar-refractivity contribution in [1.82, 2.24) is 0 Å². The van der Waals surface area contributed by atoms with Crippen molar-refractivity contribution in [2.45, 2.75) is 68.3 Å². The Kier molecular flexibility index (Phi) is 5.72. The molecule has 0 radical (unpaired) electrons. The molecule has 0 aromatic rings. The van der Waals surface area contributed by atoms with Crippen LogP contribution in [0.15, 0.2) is 0 Å². The Hall–Kier alpha value is -0.400. The highest BCUT2D eigenvalue weighted by Gasteiger charge is 2.49. The number of hydrogen-bond acceptors (Lipinski definition) is 10. The predicted molar refractivity (Wildman–Crippen MR) is 67.2 cm³/mol. The van der Waals surface area contributed by atoms with Gasteiger partial charge < -0.3 is 50.0 Å². The largest absolute Gasteiger partial charge is 0.394 e. The Labute approximate surface area is 126 Å². The van der Waals surface area contributed by atoms with E-state index in [1.165, 1.54) is 6.92 Å². The van der Waals surface area contributed by atoms with E-state index in [0.29, 0.717) is 0 Å². The quantitative estimate of drug-likeness (QED) is 0.269. The van der Waals surface area contributed by atoms with Gasteiger partial charge in [-0.15, -0.1) is 0 Å². The van der Waals surface area contributed by atoms with E-state index in [-0.39, 0.29) is 0 Å². The van der Waals surface area contributed by atoms with Crippen LogP contribution in [-0.2, 0) is 14.2 Å². The van der Waals surface area contributed by atoms with Gasteiger partial charge in [0, 0.05) is 0 Å². The summed E-state index contributed by atoms with van der Waals surface area (Å²) in [7, 11) is 0. The van der Waals surface area contributed by atoms with Crippen LogP contribution in [0.3, 0.4) is 0 Å². The van der Waals surface area contributed by atoms with E-state index in [1.54, 1.807) is 0 Å². The fraction of sp³-hybridized carbons (Fsp3) is 1.00. The minimum atomic E-state index is -1.64. The van der Waals surface area contributed by atoms with Crippen molar-refractivity contribution < 1.29 is 50.0 Å². The Morgan fingerprint density at radius 1 is 0.818 bits per heavy atom. The molecule has 0 bridgehead atoms. The minimum Gasteiger partial charge on any atom is -0.394 e. The molecular weight excluding hydrogens is 304 g/mol. The van der Waals surface area contributed by atoms with Crippen molar-refractivity contribution in [3.8, 4) is 0 Å². The molecule has 7 N–H and O–H groups in total. The lowest BCUT2D eigenvalue weighted by molar-refractivity contribution is -0.351. The summed E-state index contributed by atoms with van der Waals surface area (Å²) in [5.41, 5.74) is 0. The monoisotopic (exact) mass is 326 g/mol. The van der Waals surface area contributed by atoms with Crippen molar-refractivity contribution in [2.75, 3.05) is 6.61 Å². The second-order valence-electron chi connectivity index (χ2n) is 5.51. The molecule has 0 unspecified atom stereocenters. The van der Waals surface area contributed by atoms with Gasteiger partial charge in [0.25, 0.3) is 0 Å². The topological polar surface area (TPSA) is 169 Å². The molecule has 10 atom stereocenters. The van der Waals surface area contributed by atoms with Gasteiger partial charge in [-0.1, -0.05) is 0 Å². The van der Waals surface area contributed by atoms with Crippen molar-refractivity contribution in [1.29, 1.82) is 0 Å². The highest BCUT2D eigenvalue weighted by Crippen LogP contribution is 2.28. The SMILES string of the molecule is C[C@@H]1O[C@@H](O)[C@H](O)[C@H](O)[C@H]1O[C@@H]1O[C@H](CO)[C@@H](O)[C@H](O)[C@H]1O. The van der Waals surface area contributed by atoms with Crippen molar-refractivity contribution in [3.63, 3.8) is 0 Å². The zero-order chi connectivity index (χ0) is 16.6. The van der Waals surface area contributed by atoms with E-state index in [9.17, 15) is 30.6 Å².